The van der Waals surface area contributed by atoms with E-state index in [2.05, 4.69) is 19.1 Å². The van der Waals surface area contributed by atoms with Gasteiger partial charge in [-0.2, -0.15) is 0 Å². The molecule has 2 atom stereocenters. The van der Waals surface area contributed by atoms with Gasteiger partial charge in [0.25, 0.3) is 0 Å². The van der Waals surface area contributed by atoms with Crippen LogP contribution >= 0.6 is 0 Å². The lowest BCUT2D eigenvalue weighted by Gasteiger charge is -2.08. The molecule has 0 saturated carbocycles. The van der Waals surface area contributed by atoms with Crippen LogP contribution in [0.3, 0.4) is 0 Å². The molecule has 1 aromatic rings. The van der Waals surface area contributed by atoms with Crippen LogP contribution in [0.2, 0.25) is 0 Å². The van der Waals surface area contributed by atoms with Gasteiger partial charge in [-0.1, -0.05) is 24.6 Å². The Balaban J connectivity index is 2.31. The van der Waals surface area contributed by atoms with Crippen LogP contribution in [0.4, 0.5) is 0 Å². The number of aryl methyl sites for hydroxylation is 3. The van der Waals surface area contributed by atoms with Crippen molar-refractivity contribution in [3.63, 3.8) is 0 Å². The molecular formula is C14H18O2. The van der Waals surface area contributed by atoms with Gasteiger partial charge in [0.2, 0.25) is 0 Å². The Labute approximate surface area is 96.6 Å². The minimum atomic E-state index is -0.190. The number of carbonyl (C=O) groups is 1. The Hall–Kier alpha value is -1.15. The maximum atomic E-state index is 12.2. The van der Waals surface area contributed by atoms with Crippen LogP contribution in [0.25, 0.3) is 0 Å². The molecule has 0 N–H and O–H groups in total. The molecule has 0 spiro atoms. The van der Waals surface area contributed by atoms with Gasteiger partial charge in [-0.15, -0.1) is 0 Å². The first-order chi connectivity index (χ1) is 7.54. The maximum absolute atomic E-state index is 12.2. The Morgan fingerprint density at radius 1 is 1.25 bits per heavy atom. The van der Waals surface area contributed by atoms with Gasteiger partial charge in [0, 0.05) is 5.56 Å². The van der Waals surface area contributed by atoms with E-state index in [1.165, 1.54) is 5.56 Å². The van der Waals surface area contributed by atoms with Crippen molar-refractivity contribution < 1.29 is 9.53 Å². The standard InChI is InChI=1S/C14H18O2/c1-5-11-14(16-11)13(15)12-9(3)6-8(2)7-10(12)4/h6-7,11,14H,5H2,1-4H3/t11-,14+/m0/s1. The maximum Gasteiger partial charge on any atom is 0.194 e. The summed E-state index contributed by atoms with van der Waals surface area (Å²) in [6.45, 7) is 8.09. The van der Waals surface area contributed by atoms with Gasteiger partial charge in [-0.05, 0) is 38.3 Å². The van der Waals surface area contributed by atoms with Crippen molar-refractivity contribution in [1.82, 2.24) is 0 Å². The summed E-state index contributed by atoms with van der Waals surface area (Å²) in [4.78, 5) is 12.2. The molecule has 1 aromatic carbocycles. The molecule has 1 aliphatic rings. The van der Waals surface area contributed by atoms with Gasteiger partial charge in [-0.25, -0.2) is 0 Å². The number of ketones is 1. The highest BCUT2D eigenvalue weighted by molar-refractivity contribution is 6.03. The third-order valence-corrected chi connectivity index (χ3v) is 3.17. The lowest BCUT2D eigenvalue weighted by atomic mass is 9.94. The average Bonchev–Trinajstić information content (AvgIpc) is 2.94. The monoisotopic (exact) mass is 218 g/mol. The number of Topliss-reactive ketones (excluding diaryl/α,β-unsaturated/α-hetero) is 1. The molecule has 2 heteroatoms. The molecule has 2 rings (SSSR count). The van der Waals surface area contributed by atoms with Gasteiger partial charge in [0.15, 0.2) is 5.78 Å². The fourth-order valence-corrected chi connectivity index (χ4v) is 2.39. The number of rotatable bonds is 3. The molecule has 16 heavy (non-hydrogen) atoms. The smallest absolute Gasteiger partial charge is 0.194 e. The quantitative estimate of drug-likeness (QED) is 0.576. The van der Waals surface area contributed by atoms with Crippen molar-refractivity contribution in [2.75, 3.05) is 0 Å². The second-order valence-electron chi connectivity index (χ2n) is 4.64. The van der Waals surface area contributed by atoms with Crippen molar-refractivity contribution >= 4 is 5.78 Å². The Morgan fingerprint density at radius 3 is 2.25 bits per heavy atom. The fourth-order valence-electron chi connectivity index (χ4n) is 2.39. The van der Waals surface area contributed by atoms with Crippen molar-refractivity contribution in [3.8, 4) is 0 Å². The second kappa shape index (κ2) is 4.02. The van der Waals surface area contributed by atoms with Crippen LogP contribution < -0.4 is 0 Å². The van der Waals surface area contributed by atoms with Gasteiger partial charge in [0.05, 0.1) is 6.10 Å². The third-order valence-electron chi connectivity index (χ3n) is 3.17. The SMILES string of the molecule is CC[C@@H]1O[C@H]1C(=O)c1c(C)cc(C)cc1C. The van der Waals surface area contributed by atoms with E-state index >= 15 is 0 Å². The molecule has 1 aliphatic heterocycles. The van der Waals surface area contributed by atoms with Crippen LogP contribution in [0.1, 0.15) is 40.4 Å². The predicted molar refractivity (Wildman–Crippen MR) is 63.9 cm³/mol. The predicted octanol–water partition coefficient (Wildman–Crippen LogP) is 2.97. The van der Waals surface area contributed by atoms with E-state index in [9.17, 15) is 4.79 Å². The van der Waals surface area contributed by atoms with E-state index in [1.807, 2.05) is 20.8 Å². The van der Waals surface area contributed by atoms with E-state index in [0.717, 1.165) is 23.1 Å². The molecule has 1 fully saturated rings. The summed E-state index contributed by atoms with van der Waals surface area (Å²) < 4.78 is 5.37. The topological polar surface area (TPSA) is 29.6 Å². The van der Waals surface area contributed by atoms with E-state index in [-0.39, 0.29) is 18.0 Å². The highest BCUT2D eigenvalue weighted by Crippen LogP contribution is 2.30. The molecule has 1 heterocycles. The fraction of sp³-hybridized carbons (Fsp3) is 0.500. The van der Waals surface area contributed by atoms with Crippen LogP contribution in [0.5, 0.6) is 0 Å². The highest BCUT2D eigenvalue weighted by atomic mass is 16.6. The van der Waals surface area contributed by atoms with Gasteiger partial charge >= 0.3 is 0 Å². The van der Waals surface area contributed by atoms with Gasteiger partial charge < -0.3 is 4.74 Å². The summed E-state index contributed by atoms with van der Waals surface area (Å²) in [5, 5.41) is 0. The van der Waals surface area contributed by atoms with Crippen molar-refractivity contribution in [2.24, 2.45) is 0 Å². The molecule has 0 amide bonds. The van der Waals surface area contributed by atoms with E-state index < -0.39 is 0 Å². The molecular weight excluding hydrogens is 200 g/mol. The largest absolute Gasteiger partial charge is 0.361 e. The average molecular weight is 218 g/mol. The number of epoxide rings is 1. The number of hydrogen-bond donors (Lipinski definition) is 0. The molecule has 0 bridgehead atoms. The molecule has 2 nitrogen and oxygen atoms in total. The molecule has 0 aromatic heterocycles. The summed E-state index contributed by atoms with van der Waals surface area (Å²) in [6, 6.07) is 4.12. The van der Waals surface area contributed by atoms with Crippen LogP contribution in [-0.4, -0.2) is 18.0 Å². The Bertz CT molecular complexity index is 411. The third kappa shape index (κ3) is 1.90. The summed E-state index contributed by atoms with van der Waals surface area (Å²) in [5.74, 6) is 0.154. The first-order valence-electron chi connectivity index (χ1n) is 5.82. The first-order valence-corrected chi connectivity index (χ1v) is 5.82. The first kappa shape index (κ1) is 11.3. The summed E-state index contributed by atoms with van der Waals surface area (Å²) >= 11 is 0. The molecule has 0 aliphatic carbocycles. The summed E-state index contributed by atoms with van der Waals surface area (Å²) in [7, 11) is 0. The molecule has 0 radical (unpaired) electrons. The van der Waals surface area contributed by atoms with Gasteiger partial charge in [-0.3, -0.25) is 4.79 Å². The van der Waals surface area contributed by atoms with Crippen molar-refractivity contribution in [2.45, 2.75) is 46.3 Å². The Kier molecular flexibility index (Phi) is 2.85. The summed E-state index contributed by atoms with van der Waals surface area (Å²) in [5.41, 5.74) is 4.18. The molecule has 1 saturated heterocycles. The zero-order valence-corrected chi connectivity index (χ0v) is 10.3. The highest BCUT2D eigenvalue weighted by Gasteiger charge is 2.44. The van der Waals surface area contributed by atoms with Crippen LogP contribution in [-0.2, 0) is 4.74 Å². The van der Waals surface area contributed by atoms with E-state index in [0.29, 0.717) is 0 Å². The minimum absolute atomic E-state index is 0.146. The van der Waals surface area contributed by atoms with E-state index in [1.54, 1.807) is 0 Å². The summed E-state index contributed by atoms with van der Waals surface area (Å²) in [6.07, 6.45) is 0.873. The van der Waals surface area contributed by atoms with Crippen molar-refractivity contribution in [3.05, 3.63) is 34.4 Å². The number of hydrogen-bond acceptors (Lipinski definition) is 2. The van der Waals surface area contributed by atoms with Crippen molar-refractivity contribution in [1.29, 1.82) is 0 Å². The minimum Gasteiger partial charge on any atom is -0.361 e. The Morgan fingerprint density at radius 2 is 1.81 bits per heavy atom. The normalized spacial score (nSPS) is 23.2. The number of ether oxygens (including phenoxy) is 1. The van der Waals surface area contributed by atoms with Gasteiger partial charge in [0.1, 0.15) is 6.10 Å². The van der Waals surface area contributed by atoms with E-state index in [4.69, 9.17) is 4.74 Å². The number of carbonyl (C=O) groups excluding carboxylic acids is 1. The zero-order valence-electron chi connectivity index (χ0n) is 10.3. The number of benzene rings is 1. The second-order valence-corrected chi connectivity index (χ2v) is 4.64. The van der Waals surface area contributed by atoms with Crippen LogP contribution in [0.15, 0.2) is 12.1 Å². The molecule has 86 valence electrons. The lowest BCUT2D eigenvalue weighted by Crippen LogP contribution is -2.13. The van der Waals surface area contributed by atoms with Crippen LogP contribution in [0, 0.1) is 20.8 Å². The molecule has 0 unspecified atom stereocenters. The zero-order chi connectivity index (χ0) is 11.9. The lowest BCUT2D eigenvalue weighted by molar-refractivity contribution is 0.0952.